The van der Waals surface area contributed by atoms with Crippen LogP contribution in [0, 0.1) is 0 Å². The Morgan fingerprint density at radius 3 is 2.53 bits per heavy atom. The van der Waals surface area contributed by atoms with E-state index in [1.807, 2.05) is 0 Å². The third-order valence-corrected chi connectivity index (χ3v) is 2.26. The summed E-state index contributed by atoms with van der Waals surface area (Å²) in [6.45, 7) is 0. The van der Waals surface area contributed by atoms with Crippen LogP contribution in [0.1, 0.15) is 12.8 Å². The van der Waals surface area contributed by atoms with Crippen LogP contribution in [0.4, 0.5) is 0 Å². The first-order valence-corrected chi connectivity index (χ1v) is 5.06. The highest BCUT2D eigenvalue weighted by Crippen LogP contribution is 2.24. The number of aliphatic carboxylic acids is 1. The maximum atomic E-state index is 11.2. The van der Waals surface area contributed by atoms with Crippen molar-refractivity contribution in [1.29, 1.82) is 0 Å². The van der Waals surface area contributed by atoms with Crippen molar-refractivity contribution < 1.29 is 19.4 Å². The molecule has 0 amide bonds. The van der Waals surface area contributed by atoms with Crippen LogP contribution in [-0.4, -0.2) is 17.0 Å². The van der Waals surface area contributed by atoms with Gasteiger partial charge in [0.05, 0.1) is 17.3 Å². The number of para-hydroxylation sites is 1. The summed E-state index contributed by atoms with van der Waals surface area (Å²) in [4.78, 5) is 21.4. The summed E-state index contributed by atoms with van der Waals surface area (Å²) in [6.07, 6.45) is -0.347. The van der Waals surface area contributed by atoms with Crippen molar-refractivity contribution in [3.63, 3.8) is 0 Å². The maximum absolute atomic E-state index is 11.2. The zero-order valence-electron chi connectivity index (χ0n) is 7.77. The predicted octanol–water partition coefficient (Wildman–Crippen LogP) is 2.22. The molecule has 1 N–H and O–H groups in total. The lowest BCUT2D eigenvalue weighted by Crippen LogP contribution is -2.10. The number of carbonyl (C=O) groups excluding carboxylic acids is 1. The fourth-order valence-electron chi connectivity index (χ4n) is 0.910. The molecule has 1 rings (SSSR count). The summed E-state index contributed by atoms with van der Waals surface area (Å²) >= 11 is 3.21. The van der Waals surface area contributed by atoms with Crippen molar-refractivity contribution in [3.8, 4) is 5.75 Å². The van der Waals surface area contributed by atoms with Crippen LogP contribution in [0.2, 0.25) is 0 Å². The number of carboxylic acid groups (broad SMARTS) is 1. The first-order chi connectivity index (χ1) is 7.09. The van der Waals surface area contributed by atoms with E-state index in [-0.39, 0.29) is 12.8 Å². The maximum Gasteiger partial charge on any atom is 0.311 e. The molecule has 15 heavy (non-hydrogen) atoms. The van der Waals surface area contributed by atoms with Gasteiger partial charge in [-0.3, -0.25) is 9.59 Å². The highest BCUT2D eigenvalue weighted by molar-refractivity contribution is 9.10. The van der Waals surface area contributed by atoms with E-state index in [0.29, 0.717) is 10.2 Å². The molecule has 5 heteroatoms. The number of carboxylic acids is 1. The van der Waals surface area contributed by atoms with Crippen LogP contribution >= 0.6 is 15.9 Å². The molecule has 4 nitrogen and oxygen atoms in total. The zero-order chi connectivity index (χ0) is 11.3. The molecule has 0 radical (unpaired) electrons. The van der Waals surface area contributed by atoms with Crippen molar-refractivity contribution in [3.05, 3.63) is 28.7 Å². The van der Waals surface area contributed by atoms with Gasteiger partial charge >= 0.3 is 11.9 Å². The fraction of sp³-hybridized carbons (Fsp3) is 0.200. The molecule has 1 aromatic carbocycles. The third kappa shape index (κ3) is 4.12. The molecule has 0 spiro atoms. The lowest BCUT2D eigenvalue weighted by atomic mass is 10.3. The van der Waals surface area contributed by atoms with Crippen molar-refractivity contribution >= 4 is 27.9 Å². The van der Waals surface area contributed by atoms with Crippen LogP contribution in [-0.2, 0) is 9.59 Å². The number of rotatable bonds is 4. The highest BCUT2D eigenvalue weighted by Gasteiger charge is 2.09. The standard InChI is InChI=1S/C10H9BrO4/c11-7-3-1-2-4-8(7)15-10(14)6-5-9(12)13/h1-4H,5-6H2,(H,12,13). The van der Waals surface area contributed by atoms with Gasteiger partial charge in [-0.05, 0) is 28.1 Å². The Morgan fingerprint density at radius 1 is 1.27 bits per heavy atom. The Kier molecular flexibility index (Phi) is 4.30. The van der Waals surface area contributed by atoms with E-state index in [4.69, 9.17) is 9.84 Å². The van der Waals surface area contributed by atoms with Crippen molar-refractivity contribution in [2.75, 3.05) is 0 Å². The minimum absolute atomic E-state index is 0.128. The molecule has 0 bridgehead atoms. The van der Waals surface area contributed by atoms with Crippen LogP contribution in [0.15, 0.2) is 28.7 Å². The van der Waals surface area contributed by atoms with E-state index in [0.717, 1.165) is 0 Å². The summed E-state index contributed by atoms with van der Waals surface area (Å²) in [7, 11) is 0. The van der Waals surface area contributed by atoms with Gasteiger partial charge in [0, 0.05) is 0 Å². The van der Waals surface area contributed by atoms with Gasteiger partial charge in [0.25, 0.3) is 0 Å². The van der Waals surface area contributed by atoms with E-state index in [9.17, 15) is 9.59 Å². The van der Waals surface area contributed by atoms with Crippen molar-refractivity contribution in [1.82, 2.24) is 0 Å². The normalized spacial score (nSPS) is 9.67. The number of ether oxygens (including phenoxy) is 1. The first-order valence-electron chi connectivity index (χ1n) is 4.26. The molecule has 1 aromatic rings. The molecule has 0 aliphatic rings. The topological polar surface area (TPSA) is 63.6 Å². The summed E-state index contributed by atoms with van der Waals surface area (Å²) in [5.41, 5.74) is 0. The van der Waals surface area contributed by atoms with Gasteiger partial charge in [0.2, 0.25) is 0 Å². The lowest BCUT2D eigenvalue weighted by molar-refractivity contribution is -0.142. The summed E-state index contributed by atoms with van der Waals surface area (Å²) in [6, 6.07) is 6.88. The van der Waals surface area contributed by atoms with E-state index in [1.165, 1.54) is 0 Å². The number of halogens is 1. The first kappa shape index (κ1) is 11.7. The number of benzene rings is 1. The van der Waals surface area contributed by atoms with Gasteiger partial charge in [-0.1, -0.05) is 12.1 Å². The number of hydrogen-bond donors (Lipinski definition) is 1. The molecular weight excluding hydrogens is 264 g/mol. The number of carbonyl (C=O) groups is 2. The molecule has 0 saturated heterocycles. The lowest BCUT2D eigenvalue weighted by Gasteiger charge is -2.04. The molecule has 0 aliphatic carbocycles. The molecule has 0 unspecified atom stereocenters. The molecular formula is C10H9BrO4. The molecule has 0 aromatic heterocycles. The second kappa shape index (κ2) is 5.50. The SMILES string of the molecule is O=C(O)CCC(=O)Oc1ccccc1Br. The Hall–Kier alpha value is -1.36. The second-order valence-electron chi connectivity index (χ2n) is 2.80. The Balaban J connectivity index is 2.52. The Morgan fingerprint density at radius 2 is 1.93 bits per heavy atom. The van der Waals surface area contributed by atoms with Gasteiger partial charge < -0.3 is 9.84 Å². The van der Waals surface area contributed by atoms with Crippen LogP contribution < -0.4 is 4.74 Å². The number of hydrogen-bond acceptors (Lipinski definition) is 3. The average Bonchev–Trinajstić information content (AvgIpc) is 2.18. The highest BCUT2D eigenvalue weighted by atomic mass is 79.9. The largest absolute Gasteiger partial charge is 0.481 e. The van der Waals surface area contributed by atoms with Crippen molar-refractivity contribution in [2.45, 2.75) is 12.8 Å². The number of esters is 1. The minimum Gasteiger partial charge on any atom is -0.481 e. The van der Waals surface area contributed by atoms with Gasteiger partial charge in [-0.15, -0.1) is 0 Å². The zero-order valence-corrected chi connectivity index (χ0v) is 9.36. The quantitative estimate of drug-likeness (QED) is 0.674. The van der Waals surface area contributed by atoms with Crippen LogP contribution in [0.25, 0.3) is 0 Å². The van der Waals surface area contributed by atoms with E-state index >= 15 is 0 Å². The van der Waals surface area contributed by atoms with E-state index < -0.39 is 11.9 Å². The van der Waals surface area contributed by atoms with Crippen molar-refractivity contribution in [2.24, 2.45) is 0 Å². The minimum atomic E-state index is -1.01. The Bertz CT molecular complexity index is 375. The summed E-state index contributed by atoms with van der Waals surface area (Å²) < 4.78 is 5.61. The van der Waals surface area contributed by atoms with E-state index in [1.54, 1.807) is 24.3 Å². The second-order valence-corrected chi connectivity index (χ2v) is 3.65. The van der Waals surface area contributed by atoms with Gasteiger partial charge in [0.15, 0.2) is 0 Å². The summed E-state index contributed by atoms with van der Waals surface area (Å²) in [5, 5.41) is 8.37. The van der Waals surface area contributed by atoms with Gasteiger partial charge in [-0.25, -0.2) is 0 Å². The monoisotopic (exact) mass is 272 g/mol. The summed E-state index contributed by atoms with van der Waals surface area (Å²) in [5.74, 6) is -1.17. The molecule has 0 aliphatic heterocycles. The molecule has 0 saturated carbocycles. The molecule has 0 atom stereocenters. The third-order valence-electron chi connectivity index (χ3n) is 1.60. The molecule has 0 heterocycles. The molecule has 0 fully saturated rings. The van der Waals surface area contributed by atoms with Crippen LogP contribution in [0.5, 0.6) is 5.75 Å². The fourth-order valence-corrected chi connectivity index (χ4v) is 1.28. The smallest absolute Gasteiger partial charge is 0.311 e. The van der Waals surface area contributed by atoms with Gasteiger partial charge in [0.1, 0.15) is 5.75 Å². The van der Waals surface area contributed by atoms with E-state index in [2.05, 4.69) is 15.9 Å². The average molecular weight is 273 g/mol. The molecule has 80 valence electrons. The predicted molar refractivity (Wildman–Crippen MR) is 56.6 cm³/mol. The van der Waals surface area contributed by atoms with Gasteiger partial charge in [-0.2, -0.15) is 0 Å². The van der Waals surface area contributed by atoms with Crippen LogP contribution in [0.3, 0.4) is 0 Å². The Labute approximate surface area is 95.0 Å².